The van der Waals surface area contributed by atoms with Crippen molar-refractivity contribution in [3.05, 3.63) is 34.1 Å². The first kappa shape index (κ1) is 21.5. The van der Waals surface area contributed by atoms with Crippen LogP contribution in [0, 0.1) is 15.9 Å². The maximum Gasteiger partial charge on any atom is 0.495 e. The molecule has 0 aromatic heterocycles. The summed E-state index contributed by atoms with van der Waals surface area (Å²) in [6.45, 7) is 15.5. The predicted octanol–water partition coefficient (Wildman–Crippen LogP) is 4.09. The van der Waals surface area contributed by atoms with Crippen molar-refractivity contribution in [2.24, 2.45) is 0 Å². The van der Waals surface area contributed by atoms with E-state index in [1.54, 1.807) is 0 Å². The smallest absolute Gasteiger partial charge is 0.399 e. The zero-order valence-electron chi connectivity index (χ0n) is 15.3. The Kier molecular flexibility index (Phi) is 7.87. The molecule has 0 spiro atoms. The quantitative estimate of drug-likeness (QED) is 0.466. The third-order valence-corrected chi connectivity index (χ3v) is 3.69. The Balaban J connectivity index is 0.00000112. The third kappa shape index (κ3) is 4.75. The molecule has 0 radical (unpaired) electrons. The van der Waals surface area contributed by atoms with Gasteiger partial charge in [-0.25, -0.2) is 0 Å². The second-order valence-electron chi connectivity index (χ2n) is 5.56. The van der Waals surface area contributed by atoms with Gasteiger partial charge in [-0.3, -0.25) is 10.1 Å². The molecule has 0 aliphatic carbocycles. The van der Waals surface area contributed by atoms with E-state index < -0.39 is 34.7 Å². The molecule has 0 saturated carbocycles. The van der Waals surface area contributed by atoms with E-state index in [1.807, 2.05) is 55.4 Å². The molecule has 130 valence electrons. The maximum absolute atomic E-state index is 13.3. The fourth-order valence-corrected chi connectivity index (χ4v) is 1.80. The maximum atomic E-state index is 13.3. The van der Waals surface area contributed by atoms with Gasteiger partial charge in [0.15, 0.2) is 5.82 Å². The molecule has 1 heterocycles. The van der Waals surface area contributed by atoms with Crippen LogP contribution in [0.25, 0.3) is 0 Å². The van der Waals surface area contributed by atoms with E-state index in [-0.39, 0.29) is 0 Å². The van der Waals surface area contributed by atoms with Gasteiger partial charge < -0.3 is 9.31 Å². The van der Waals surface area contributed by atoms with Crippen LogP contribution in [0.3, 0.4) is 0 Å². The number of benzene rings is 1. The van der Waals surface area contributed by atoms with Gasteiger partial charge in [0, 0.05) is 6.07 Å². The zero-order valence-corrected chi connectivity index (χ0v) is 15.3. The fraction of sp³-hybridized carbons (Fsp3) is 0.625. The third-order valence-electron chi connectivity index (χ3n) is 3.69. The van der Waals surface area contributed by atoms with Crippen LogP contribution in [-0.2, 0) is 9.31 Å². The number of hydrogen-bond acceptors (Lipinski definition) is 4. The number of rotatable bonds is 2. The SMILES string of the molecule is CC.CC.CC1(C)OB(c2ccc(F)c([N+](=O)[O-])c2)OC1(C)C. The molecule has 1 fully saturated rings. The molecule has 5 nitrogen and oxygen atoms in total. The van der Waals surface area contributed by atoms with Gasteiger partial charge in [0.05, 0.1) is 16.1 Å². The summed E-state index contributed by atoms with van der Waals surface area (Å²) in [6.07, 6.45) is 0. The van der Waals surface area contributed by atoms with Crippen molar-refractivity contribution in [1.29, 1.82) is 0 Å². The van der Waals surface area contributed by atoms with Gasteiger partial charge in [0.1, 0.15) is 0 Å². The lowest BCUT2D eigenvalue weighted by atomic mass is 9.79. The first-order valence-corrected chi connectivity index (χ1v) is 7.93. The van der Waals surface area contributed by atoms with Crippen molar-refractivity contribution in [3.63, 3.8) is 0 Å². The van der Waals surface area contributed by atoms with E-state index in [4.69, 9.17) is 9.31 Å². The Labute approximate surface area is 138 Å². The lowest BCUT2D eigenvalue weighted by Gasteiger charge is -2.32. The number of nitro benzene ring substituents is 1. The molecule has 0 N–H and O–H groups in total. The molecule has 2 rings (SSSR count). The highest BCUT2D eigenvalue weighted by molar-refractivity contribution is 6.62. The van der Waals surface area contributed by atoms with E-state index >= 15 is 0 Å². The van der Waals surface area contributed by atoms with Crippen LogP contribution >= 0.6 is 0 Å². The van der Waals surface area contributed by atoms with E-state index in [0.29, 0.717) is 5.46 Å². The standard InChI is InChI=1S/C12H15BFNO4.2C2H6/c1-11(2)12(3,4)19-13(18-11)8-5-6-9(14)10(7-8)15(16)17;2*1-2/h5-7H,1-4H3;2*1-2H3. The number of nitro groups is 1. The van der Waals surface area contributed by atoms with E-state index in [0.717, 1.165) is 12.1 Å². The molecule has 0 bridgehead atoms. The summed E-state index contributed by atoms with van der Waals surface area (Å²) in [5, 5.41) is 10.7. The van der Waals surface area contributed by atoms with Crippen molar-refractivity contribution < 1.29 is 18.6 Å². The summed E-state index contributed by atoms with van der Waals surface area (Å²) in [5.41, 5.74) is -1.22. The predicted molar refractivity (Wildman–Crippen MR) is 91.5 cm³/mol. The molecule has 1 aromatic rings. The van der Waals surface area contributed by atoms with Gasteiger partial charge in [-0.15, -0.1) is 0 Å². The first-order chi connectivity index (χ1) is 10.6. The van der Waals surface area contributed by atoms with Gasteiger partial charge in [-0.2, -0.15) is 4.39 Å². The Bertz CT molecular complexity index is 519. The molecular weight excluding hydrogens is 300 g/mol. The Morgan fingerprint density at radius 2 is 1.48 bits per heavy atom. The summed E-state index contributed by atoms with van der Waals surface area (Å²) in [6, 6.07) is 3.64. The van der Waals surface area contributed by atoms with Crippen LogP contribution in [0.1, 0.15) is 55.4 Å². The van der Waals surface area contributed by atoms with E-state index in [9.17, 15) is 14.5 Å². The minimum atomic E-state index is -0.870. The number of halogens is 1. The molecule has 1 aliphatic heterocycles. The summed E-state index contributed by atoms with van der Waals surface area (Å²) in [7, 11) is -0.732. The van der Waals surface area contributed by atoms with Crippen molar-refractivity contribution in [2.75, 3.05) is 0 Å². The monoisotopic (exact) mass is 327 g/mol. The first-order valence-electron chi connectivity index (χ1n) is 7.93. The van der Waals surface area contributed by atoms with Crippen molar-refractivity contribution in [1.82, 2.24) is 0 Å². The average molecular weight is 327 g/mol. The molecule has 1 aliphatic rings. The molecule has 0 unspecified atom stereocenters. The largest absolute Gasteiger partial charge is 0.495 e. The highest BCUT2D eigenvalue weighted by atomic mass is 19.1. The normalized spacial score (nSPS) is 17.5. The summed E-state index contributed by atoms with van der Waals surface area (Å²) < 4.78 is 24.8. The second-order valence-corrected chi connectivity index (χ2v) is 5.56. The summed E-state index contributed by atoms with van der Waals surface area (Å²) >= 11 is 0. The van der Waals surface area contributed by atoms with Crippen molar-refractivity contribution in [2.45, 2.75) is 66.6 Å². The topological polar surface area (TPSA) is 61.6 Å². The van der Waals surface area contributed by atoms with Gasteiger partial charge in [0.2, 0.25) is 0 Å². The number of nitrogens with zero attached hydrogens (tertiary/aromatic N) is 1. The minimum Gasteiger partial charge on any atom is -0.399 e. The second kappa shape index (κ2) is 8.40. The van der Waals surface area contributed by atoms with E-state index in [1.165, 1.54) is 6.07 Å². The molecule has 0 amide bonds. The molecule has 0 atom stereocenters. The molecule has 7 heteroatoms. The Morgan fingerprint density at radius 3 is 1.87 bits per heavy atom. The fourth-order valence-electron chi connectivity index (χ4n) is 1.80. The van der Waals surface area contributed by atoms with Crippen LogP contribution in [0.15, 0.2) is 18.2 Å². The Hall–Kier alpha value is -1.47. The molecular formula is C16H27BFNO4. The van der Waals surface area contributed by atoms with Crippen molar-refractivity contribution in [3.8, 4) is 0 Å². The number of hydrogen-bond donors (Lipinski definition) is 0. The summed E-state index contributed by atoms with van der Waals surface area (Å²) in [4.78, 5) is 9.97. The lowest BCUT2D eigenvalue weighted by molar-refractivity contribution is -0.387. The van der Waals surface area contributed by atoms with Crippen molar-refractivity contribution >= 4 is 18.3 Å². The average Bonchev–Trinajstić information content (AvgIpc) is 2.72. The van der Waals surface area contributed by atoms with Crippen LogP contribution in [0.2, 0.25) is 0 Å². The highest BCUT2D eigenvalue weighted by Crippen LogP contribution is 2.36. The van der Waals surface area contributed by atoms with E-state index in [2.05, 4.69) is 0 Å². The highest BCUT2D eigenvalue weighted by Gasteiger charge is 2.52. The van der Waals surface area contributed by atoms with Crippen LogP contribution in [0.5, 0.6) is 0 Å². The minimum absolute atomic E-state index is 0.437. The Morgan fingerprint density at radius 1 is 1.04 bits per heavy atom. The lowest BCUT2D eigenvalue weighted by Crippen LogP contribution is -2.41. The van der Waals surface area contributed by atoms with Crippen LogP contribution in [0.4, 0.5) is 10.1 Å². The molecule has 23 heavy (non-hydrogen) atoms. The zero-order chi connectivity index (χ0) is 18.4. The van der Waals surface area contributed by atoms with Gasteiger partial charge in [-0.1, -0.05) is 33.8 Å². The molecule has 1 aromatic carbocycles. The van der Waals surface area contributed by atoms with Crippen LogP contribution < -0.4 is 5.46 Å². The van der Waals surface area contributed by atoms with Crippen LogP contribution in [-0.4, -0.2) is 23.2 Å². The van der Waals surface area contributed by atoms with Gasteiger partial charge in [0.25, 0.3) is 0 Å². The summed E-state index contributed by atoms with van der Waals surface area (Å²) in [5.74, 6) is -0.870. The van der Waals surface area contributed by atoms with Gasteiger partial charge in [-0.05, 0) is 39.2 Å². The molecule has 1 saturated heterocycles. The van der Waals surface area contributed by atoms with Gasteiger partial charge >= 0.3 is 12.8 Å².